The highest BCUT2D eigenvalue weighted by Crippen LogP contribution is 2.23. The SMILES string of the molecule is C=C/C(=C\C)CC(=O)Nc1cccc([C@H](C)Nc2cnc(C=NCC)c(C)c2)c1.CC.[HH].[HH]. The molecule has 0 aliphatic heterocycles. The Morgan fingerprint density at radius 1 is 1.29 bits per heavy atom. The third-order valence-corrected chi connectivity index (χ3v) is 4.57. The second kappa shape index (κ2) is 13.9. The van der Waals surface area contributed by atoms with E-state index in [0.29, 0.717) is 6.42 Å². The molecule has 0 aliphatic rings. The molecule has 0 saturated carbocycles. The van der Waals surface area contributed by atoms with E-state index in [1.54, 1.807) is 12.3 Å². The Morgan fingerprint density at radius 3 is 2.65 bits per heavy atom. The second-order valence-corrected chi connectivity index (χ2v) is 6.84. The summed E-state index contributed by atoms with van der Waals surface area (Å²) in [6.07, 6.45) is 7.54. The smallest absolute Gasteiger partial charge is 0.228 e. The van der Waals surface area contributed by atoms with Crippen molar-refractivity contribution < 1.29 is 7.65 Å². The molecule has 5 nitrogen and oxygen atoms in total. The van der Waals surface area contributed by atoms with Crippen molar-refractivity contribution in [1.29, 1.82) is 0 Å². The predicted octanol–water partition coefficient (Wildman–Crippen LogP) is 6.98. The maximum absolute atomic E-state index is 12.2. The van der Waals surface area contributed by atoms with E-state index in [-0.39, 0.29) is 14.8 Å². The molecule has 2 rings (SSSR count). The summed E-state index contributed by atoms with van der Waals surface area (Å²) in [6.45, 7) is 16.5. The molecule has 2 N–H and O–H groups in total. The van der Waals surface area contributed by atoms with Crippen LogP contribution in [0.4, 0.5) is 11.4 Å². The van der Waals surface area contributed by atoms with Gasteiger partial charge in [-0.05, 0) is 62.6 Å². The molecule has 0 fully saturated rings. The molecule has 0 saturated heterocycles. The van der Waals surface area contributed by atoms with Crippen LogP contribution in [0.25, 0.3) is 0 Å². The topological polar surface area (TPSA) is 66.4 Å². The van der Waals surface area contributed by atoms with Gasteiger partial charge in [0.1, 0.15) is 0 Å². The lowest BCUT2D eigenvalue weighted by molar-refractivity contribution is -0.115. The van der Waals surface area contributed by atoms with Crippen molar-refractivity contribution in [3.63, 3.8) is 0 Å². The molecule has 31 heavy (non-hydrogen) atoms. The number of hydrogen-bond donors (Lipinski definition) is 2. The van der Waals surface area contributed by atoms with Crippen LogP contribution in [0, 0.1) is 6.92 Å². The summed E-state index contributed by atoms with van der Waals surface area (Å²) in [5, 5.41) is 6.43. The molecule has 1 heterocycles. The number of carbonyl (C=O) groups excluding carboxylic acids is 1. The number of amides is 1. The lowest BCUT2D eigenvalue weighted by Crippen LogP contribution is -2.13. The van der Waals surface area contributed by atoms with E-state index in [1.165, 1.54) is 0 Å². The van der Waals surface area contributed by atoms with Crippen molar-refractivity contribution in [1.82, 2.24) is 4.98 Å². The van der Waals surface area contributed by atoms with Crippen LogP contribution in [-0.4, -0.2) is 23.7 Å². The highest BCUT2D eigenvalue weighted by atomic mass is 16.1. The molecule has 5 heteroatoms. The van der Waals surface area contributed by atoms with E-state index < -0.39 is 0 Å². The number of nitrogens with one attached hydrogen (secondary N) is 2. The van der Waals surface area contributed by atoms with E-state index >= 15 is 0 Å². The first-order valence-electron chi connectivity index (χ1n) is 10.9. The first-order valence-corrected chi connectivity index (χ1v) is 10.9. The van der Waals surface area contributed by atoms with E-state index in [0.717, 1.165) is 40.3 Å². The Balaban J connectivity index is 0. The summed E-state index contributed by atoms with van der Waals surface area (Å²) in [6, 6.07) is 9.99. The fourth-order valence-electron chi connectivity index (χ4n) is 2.88. The maximum atomic E-state index is 12.2. The molecule has 0 bridgehead atoms. The molecular weight excluding hydrogens is 384 g/mol. The summed E-state index contributed by atoms with van der Waals surface area (Å²) in [5.41, 5.74) is 5.66. The second-order valence-electron chi connectivity index (χ2n) is 6.84. The molecule has 2 aromatic rings. The number of aryl methyl sites for hydroxylation is 1. The van der Waals surface area contributed by atoms with Gasteiger partial charge in [0.05, 0.1) is 24.0 Å². The van der Waals surface area contributed by atoms with Gasteiger partial charge in [-0.1, -0.05) is 44.7 Å². The minimum atomic E-state index is -0.0556. The van der Waals surface area contributed by atoms with Crippen LogP contribution in [0.1, 0.15) is 66.8 Å². The molecule has 0 spiro atoms. The largest absolute Gasteiger partial charge is 0.377 e. The summed E-state index contributed by atoms with van der Waals surface area (Å²) in [7, 11) is 0. The Hall–Kier alpha value is -3.21. The Labute approximate surface area is 190 Å². The number of allylic oxidation sites excluding steroid dienone is 2. The Morgan fingerprint density at radius 2 is 2.03 bits per heavy atom. The van der Waals surface area contributed by atoms with Crippen molar-refractivity contribution in [3.8, 4) is 0 Å². The van der Waals surface area contributed by atoms with Crippen molar-refractivity contribution in [3.05, 3.63) is 77.7 Å². The Kier molecular flexibility index (Phi) is 11.6. The van der Waals surface area contributed by atoms with Crippen LogP contribution in [0.3, 0.4) is 0 Å². The summed E-state index contributed by atoms with van der Waals surface area (Å²) in [5.74, 6) is -0.0556. The average Bonchev–Trinajstić information content (AvgIpc) is 2.78. The normalized spacial score (nSPS) is 12.0. The molecular formula is C26H40N4O. The highest BCUT2D eigenvalue weighted by Gasteiger charge is 2.09. The zero-order valence-corrected chi connectivity index (χ0v) is 19.7. The predicted molar refractivity (Wildman–Crippen MR) is 138 cm³/mol. The first-order chi connectivity index (χ1) is 15.0. The summed E-state index contributed by atoms with van der Waals surface area (Å²) < 4.78 is 0. The molecule has 1 aromatic heterocycles. The standard InChI is InChI=1S/C24H30N4O.C2H6.2H2/c1-6-19(7-2)13-24(29)28-21-11-9-10-20(14-21)18(5)27-22-12-17(4)23(26-15-22)16-25-8-3;1-2;;/h6-7,9-12,14-16,18,27H,1,8,13H2,2-5H3,(H,28,29);1-2H3;2*1H/b19-7+,25-16?;;;/t18-;;;/m0.../s1. The van der Waals surface area contributed by atoms with Gasteiger partial charge in [0.25, 0.3) is 0 Å². The molecule has 1 aromatic carbocycles. The van der Waals surface area contributed by atoms with Crippen molar-refractivity contribution in [2.75, 3.05) is 17.2 Å². The monoisotopic (exact) mass is 424 g/mol. The van der Waals surface area contributed by atoms with Crippen LogP contribution in [-0.2, 0) is 4.79 Å². The van der Waals surface area contributed by atoms with Gasteiger partial charge >= 0.3 is 0 Å². The zero-order chi connectivity index (χ0) is 23.2. The maximum Gasteiger partial charge on any atom is 0.228 e. The number of pyridine rings is 1. The van der Waals surface area contributed by atoms with Gasteiger partial charge in [-0.15, -0.1) is 0 Å². The fraction of sp³-hybridized carbons (Fsp3) is 0.346. The zero-order valence-electron chi connectivity index (χ0n) is 19.7. The Bertz CT molecular complexity index is 926. The minimum Gasteiger partial charge on any atom is -0.377 e. The number of hydrogen-bond acceptors (Lipinski definition) is 4. The third-order valence-electron chi connectivity index (χ3n) is 4.57. The van der Waals surface area contributed by atoms with Crippen molar-refractivity contribution in [2.24, 2.45) is 4.99 Å². The van der Waals surface area contributed by atoms with Crippen LogP contribution in [0.2, 0.25) is 0 Å². The van der Waals surface area contributed by atoms with E-state index in [2.05, 4.69) is 40.2 Å². The minimum absolute atomic E-state index is 0. The molecule has 0 unspecified atom stereocenters. The number of rotatable bonds is 9. The van der Waals surface area contributed by atoms with Gasteiger partial charge in [-0.3, -0.25) is 14.8 Å². The average molecular weight is 425 g/mol. The van der Waals surface area contributed by atoms with Crippen LogP contribution in [0.15, 0.2) is 65.8 Å². The molecule has 0 aliphatic carbocycles. The summed E-state index contributed by atoms with van der Waals surface area (Å²) >= 11 is 0. The molecule has 170 valence electrons. The highest BCUT2D eigenvalue weighted by molar-refractivity contribution is 5.92. The number of aromatic nitrogens is 1. The van der Waals surface area contributed by atoms with Crippen LogP contribution >= 0.6 is 0 Å². The number of anilines is 2. The van der Waals surface area contributed by atoms with Gasteiger partial charge in [0, 0.05) is 27.3 Å². The first kappa shape index (κ1) is 25.8. The van der Waals surface area contributed by atoms with Crippen LogP contribution in [0.5, 0.6) is 0 Å². The lowest BCUT2D eigenvalue weighted by Gasteiger charge is -2.17. The van der Waals surface area contributed by atoms with Gasteiger partial charge in [0.2, 0.25) is 5.91 Å². The van der Waals surface area contributed by atoms with E-state index in [4.69, 9.17) is 0 Å². The third kappa shape index (κ3) is 8.59. The number of benzene rings is 1. The fourth-order valence-corrected chi connectivity index (χ4v) is 2.88. The van der Waals surface area contributed by atoms with Gasteiger partial charge in [-0.2, -0.15) is 0 Å². The summed E-state index contributed by atoms with van der Waals surface area (Å²) in [4.78, 5) is 21.0. The van der Waals surface area contributed by atoms with Crippen molar-refractivity contribution >= 4 is 23.5 Å². The number of carbonyl (C=O) groups is 1. The quantitative estimate of drug-likeness (QED) is 0.337. The number of nitrogens with zero attached hydrogens (tertiary/aromatic N) is 2. The molecule has 1 atom stereocenters. The number of aliphatic imine (C=N–C) groups is 1. The van der Waals surface area contributed by atoms with Gasteiger partial charge < -0.3 is 10.6 Å². The van der Waals surface area contributed by atoms with Crippen molar-refractivity contribution in [2.45, 2.75) is 54.0 Å². The van der Waals surface area contributed by atoms with Gasteiger partial charge in [0.15, 0.2) is 0 Å². The van der Waals surface area contributed by atoms with E-state index in [9.17, 15) is 4.79 Å². The molecule has 1 amide bonds. The lowest BCUT2D eigenvalue weighted by atomic mass is 10.1. The van der Waals surface area contributed by atoms with E-state index in [1.807, 2.05) is 71.2 Å². The van der Waals surface area contributed by atoms with Crippen LogP contribution < -0.4 is 10.6 Å². The molecule has 0 radical (unpaired) electrons. The van der Waals surface area contributed by atoms with Gasteiger partial charge in [-0.25, -0.2) is 0 Å².